The number of hydrogen-bond donors (Lipinski definition) is 1. The van der Waals surface area contributed by atoms with Gasteiger partial charge in [0.05, 0.1) is 0 Å². The Labute approximate surface area is 111 Å². The number of carbonyl (C=O) groups is 1. The van der Waals surface area contributed by atoms with Crippen LogP contribution in [0.2, 0.25) is 0 Å². The Bertz CT molecular complexity index is 347. The first kappa shape index (κ1) is 13.6. The summed E-state index contributed by atoms with van der Waals surface area (Å²) in [4.78, 5) is 10.9. The van der Waals surface area contributed by atoms with E-state index in [1.54, 1.807) is 0 Å². The molecule has 0 radical (unpaired) electrons. The van der Waals surface area contributed by atoms with Crippen LogP contribution in [0.5, 0.6) is 0 Å². The maximum absolute atomic E-state index is 10.9. The van der Waals surface area contributed by atoms with Gasteiger partial charge in [0.15, 0.2) is 0 Å². The zero-order valence-corrected chi connectivity index (χ0v) is 12.2. The Hall–Kier alpha value is -0.790. The molecule has 2 nitrogen and oxygen atoms in total. The van der Waals surface area contributed by atoms with Gasteiger partial charge in [0.25, 0.3) is 0 Å². The van der Waals surface area contributed by atoms with Gasteiger partial charge >= 0.3 is 0 Å². The fourth-order valence-corrected chi connectivity index (χ4v) is 4.20. The average Bonchev–Trinajstić information content (AvgIpc) is 2.28. The molecular formula is C16H27NO. The highest BCUT2D eigenvalue weighted by Gasteiger charge is 2.46. The summed E-state index contributed by atoms with van der Waals surface area (Å²) in [5, 5.41) is 3.12. The highest BCUT2D eigenvalue weighted by atomic mass is 16.1. The van der Waals surface area contributed by atoms with Crippen LogP contribution in [0, 0.1) is 23.7 Å². The number of rotatable bonds is 3. The van der Waals surface area contributed by atoms with Crippen LogP contribution in [0.3, 0.4) is 0 Å². The minimum atomic E-state index is 0.00894. The van der Waals surface area contributed by atoms with E-state index < -0.39 is 0 Å². The van der Waals surface area contributed by atoms with Gasteiger partial charge in [0.1, 0.15) is 0 Å². The number of fused-ring (bicyclic) bond motifs is 1. The topological polar surface area (TPSA) is 29.1 Å². The molecule has 2 rings (SSSR count). The normalized spacial score (nSPS) is 40.1. The van der Waals surface area contributed by atoms with Crippen molar-refractivity contribution in [1.29, 1.82) is 0 Å². The second kappa shape index (κ2) is 5.07. The molecule has 2 heteroatoms. The summed E-state index contributed by atoms with van der Waals surface area (Å²) in [6.45, 7) is 9.18. The molecule has 0 aromatic heterocycles. The van der Waals surface area contributed by atoms with Crippen LogP contribution in [0.15, 0.2) is 11.6 Å². The van der Waals surface area contributed by atoms with Crippen molar-refractivity contribution in [3.63, 3.8) is 0 Å². The van der Waals surface area contributed by atoms with Crippen molar-refractivity contribution in [1.82, 2.24) is 5.32 Å². The Morgan fingerprint density at radius 3 is 2.78 bits per heavy atom. The van der Waals surface area contributed by atoms with Crippen molar-refractivity contribution in [2.75, 3.05) is 0 Å². The van der Waals surface area contributed by atoms with Crippen molar-refractivity contribution in [2.24, 2.45) is 23.7 Å². The van der Waals surface area contributed by atoms with Gasteiger partial charge in [-0.15, -0.1) is 0 Å². The molecule has 0 bridgehead atoms. The lowest BCUT2D eigenvalue weighted by molar-refractivity contribution is -0.113. The van der Waals surface area contributed by atoms with Crippen LogP contribution in [-0.2, 0) is 4.79 Å². The van der Waals surface area contributed by atoms with E-state index in [4.69, 9.17) is 0 Å². The summed E-state index contributed by atoms with van der Waals surface area (Å²) in [5.74, 6) is 2.80. The zero-order valence-electron chi connectivity index (χ0n) is 12.2. The van der Waals surface area contributed by atoms with Crippen LogP contribution in [0.25, 0.3) is 0 Å². The third kappa shape index (κ3) is 2.34. The smallest absolute Gasteiger partial charge is 0.207 e. The fourth-order valence-electron chi connectivity index (χ4n) is 4.20. The first-order chi connectivity index (χ1) is 8.48. The molecule has 0 unspecified atom stereocenters. The van der Waals surface area contributed by atoms with Crippen LogP contribution >= 0.6 is 0 Å². The van der Waals surface area contributed by atoms with E-state index in [9.17, 15) is 4.79 Å². The molecule has 0 heterocycles. The van der Waals surface area contributed by atoms with E-state index in [2.05, 4.69) is 39.1 Å². The van der Waals surface area contributed by atoms with Crippen LogP contribution < -0.4 is 5.32 Å². The van der Waals surface area contributed by atoms with Gasteiger partial charge in [-0.25, -0.2) is 0 Å². The lowest BCUT2D eigenvalue weighted by Crippen LogP contribution is -2.56. The molecule has 1 N–H and O–H groups in total. The minimum absolute atomic E-state index is 0.00894. The highest BCUT2D eigenvalue weighted by molar-refractivity contribution is 5.48. The number of amides is 1. The molecule has 102 valence electrons. The third-order valence-electron chi connectivity index (χ3n) is 5.35. The van der Waals surface area contributed by atoms with Gasteiger partial charge in [0.2, 0.25) is 6.41 Å². The van der Waals surface area contributed by atoms with E-state index >= 15 is 0 Å². The predicted molar refractivity (Wildman–Crippen MR) is 75.1 cm³/mol. The number of allylic oxidation sites excluding steroid dienone is 2. The van der Waals surface area contributed by atoms with Gasteiger partial charge < -0.3 is 5.32 Å². The maximum Gasteiger partial charge on any atom is 0.207 e. The van der Waals surface area contributed by atoms with E-state index in [-0.39, 0.29) is 5.54 Å². The lowest BCUT2D eigenvalue weighted by Gasteiger charge is -2.51. The van der Waals surface area contributed by atoms with Gasteiger partial charge in [-0.3, -0.25) is 4.79 Å². The van der Waals surface area contributed by atoms with Crippen molar-refractivity contribution in [3.05, 3.63) is 11.6 Å². The first-order valence-electron chi connectivity index (χ1n) is 7.36. The largest absolute Gasteiger partial charge is 0.353 e. The van der Waals surface area contributed by atoms with Gasteiger partial charge in [-0.1, -0.05) is 25.5 Å². The zero-order chi connectivity index (χ0) is 13.3. The van der Waals surface area contributed by atoms with Gasteiger partial charge in [-0.2, -0.15) is 0 Å². The molecule has 0 saturated heterocycles. The highest BCUT2D eigenvalue weighted by Crippen LogP contribution is 2.49. The molecule has 4 atom stereocenters. The Kier molecular flexibility index (Phi) is 3.84. The van der Waals surface area contributed by atoms with Crippen molar-refractivity contribution in [2.45, 2.75) is 58.9 Å². The molecule has 1 amide bonds. The van der Waals surface area contributed by atoms with Crippen molar-refractivity contribution in [3.8, 4) is 0 Å². The summed E-state index contributed by atoms with van der Waals surface area (Å²) in [5.41, 5.74) is 1.55. The maximum atomic E-state index is 10.9. The van der Waals surface area contributed by atoms with Crippen LogP contribution in [0.1, 0.15) is 53.4 Å². The van der Waals surface area contributed by atoms with Gasteiger partial charge in [-0.05, 0) is 63.2 Å². The molecule has 0 aliphatic heterocycles. The summed E-state index contributed by atoms with van der Waals surface area (Å²) < 4.78 is 0. The molecular weight excluding hydrogens is 222 g/mol. The predicted octanol–water partition coefficient (Wildman–Crippen LogP) is 3.53. The second-order valence-electron chi connectivity index (χ2n) is 6.86. The number of hydrogen-bond acceptors (Lipinski definition) is 1. The van der Waals surface area contributed by atoms with Crippen LogP contribution in [-0.4, -0.2) is 11.9 Å². The molecule has 2 aliphatic rings. The fraction of sp³-hybridized carbons (Fsp3) is 0.812. The summed E-state index contributed by atoms with van der Waals surface area (Å²) >= 11 is 0. The van der Waals surface area contributed by atoms with Crippen molar-refractivity contribution < 1.29 is 4.79 Å². The second-order valence-corrected chi connectivity index (χ2v) is 6.86. The molecule has 0 spiro atoms. The van der Waals surface area contributed by atoms with Crippen molar-refractivity contribution >= 4 is 6.41 Å². The van der Waals surface area contributed by atoms with E-state index in [0.29, 0.717) is 11.8 Å². The van der Waals surface area contributed by atoms with E-state index in [0.717, 1.165) is 24.7 Å². The SMILES string of the molecule is CC1=C[C@H]2[C@@H](C(C)C)CC[C@](C)(NC=O)[C@@H]2CC1. The van der Waals surface area contributed by atoms with Gasteiger partial charge in [0, 0.05) is 5.54 Å². The molecule has 2 aliphatic carbocycles. The third-order valence-corrected chi connectivity index (χ3v) is 5.35. The average molecular weight is 249 g/mol. The standard InChI is InChI=1S/C16H27NO/c1-11(2)13-7-8-16(4,17-10-18)15-6-5-12(3)9-14(13)15/h9-11,13-15H,5-8H2,1-4H3,(H,17,18)/t13-,14+,15-,16+/m1/s1. The Morgan fingerprint density at radius 1 is 1.44 bits per heavy atom. The summed E-state index contributed by atoms with van der Waals surface area (Å²) in [7, 11) is 0. The summed E-state index contributed by atoms with van der Waals surface area (Å²) in [6, 6.07) is 0. The number of carbonyl (C=O) groups excluding carboxylic acids is 1. The lowest BCUT2D eigenvalue weighted by atomic mass is 9.57. The van der Waals surface area contributed by atoms with E-state index in [1.807, 2.05) is 0 Å². The Morgan fingerprint density at radius 2 is 2.17 bits per heavy atom. The molecule has 1 fully saturated rings. The summed E-state index contributed by atoms with van der Waals surface area (Å²) in [6.07, 6.45) is 8.19. The molecule has 18 heavy (non-hydrogen) atoms. The molecule has 0 aromatic rings. The quantitative estimate of drug-likeness (QED) is 0.601. The Balaban J connectivity index is 2.29. The molecule has 1 saturated carbocycles. The monoisotopic (exact) mass is 249 g/mol. The van der Waals surface area contributed by atoms with E-state index in [1.165, 1.54) is 24.8 Å². The first-order valence-corrected chi connectivity index (χ1v) is 7.36. The minimum Gasteiger partial charge on any atom is -0.353 e. The molecule has 0 aromatic carbocycles. The number of nitrogens with one attached hydrogen (secondary N) is 1. The van der Waals surface area contributed by atoms with Crippen LogP contribution in [0.4, 0.5) is 0 Å².